The highest BCUT2D eigenvalue weighted by atomic mass is 35.5. The lowest BCUT2D eigenvalue weighted by Gasteiger charge is -2.11. The molecule has 2 aliphatic rings. The summed E-state index contributed by atoms with van der Waals surface area (Å²) in [4.78, 5) is 12.7. The minimum absolute atomic E-state index is 0.174. The maximum atomic E-state index is 12.7. The number of carbonyl (C=O) groups is 1. The number of ether oxygens (including phenoxy) is 2. The van der Waals surface area contributed by atoms with E-state index in [9.17, 15) is 4.79 Å². The molecule has 5 nitrogen and oxygen atoms in total. The second-order valence-electron chi connectivity index (χ2n) is 5.45. The molecule has 4 rings (SSSR count). The van der Waals surface area contributed by atoms with Gasteiger partial charge in [-0.05, 0) is 55.0 Å². The molecule has 2 aromatic carbocycles. The highest BCUT2D eigenvalue weighted by molar-refractivity contribution is 6.32. The van der Waals surface area contributed by atoms with Gasteiger partial charge in [0.15, 0.2) is 11.5 Å². The quantitative estimate of drug-likeness (QED) is 0.780. The molecule has 6 heteroatoms. The molecule has 0 bridgehead atoms. The molecule has 0 atom stereocenters. The molecule has 0 N–H and O–H groups in total. The molecular formula is C18H13ClN2O3. The minimum atomic E-state index is -0.174. The summed E-state index contributed by atoms with van der Waals surface area (Å²) in [6.45, 7) is 2.03. The van der Waals surface area contributed by atoms with Gasteiger partial charge in [-0.1, -0.05) is 17.7 Å². The summed E-state index contributed by atoms with van der Waals surface area (Å²) in [5.74, 6) is 1.22. The van der Waals surface area contributed by atoms with Gasteiger partial charge in [-0.2, -0.15) is 10.1 Å². The van der Waals surface area contributed by atoms with Gasteiger partial charge in [-0.3, -0.25) is 4.79 Å². The van der Waals surface area contributed by atoms with Gasteiger partial charge >= 0.3 is 0 Å². The van der Waals surface area contributed by atoms with Crippen LogP contribution in [0.2, 0.25) is 5.02 Å². The lowest BCUT2D eigenvalue weighted by Crippen LogP contribution is -2.21. The number of rotatable bonds is 2. The largest absolute Gasteiger partial charge is 0.454 e. The van der Waals surface area contributed by atoms with Crippen LogP contribution < -0.4 is 14.5 Å². The van der Waals surface area contributed by atoms with E-state index in [1.165, 1.54) is 5.01 Å². The van der Waals surface area contributed by atoms with Gasteiger partial charge in [0.25, 0.3) is 5.91 Å². The standard InChI is InChI=1S/C18H13ClN2O3/c1-11-15(8-12-2-7-16-17(9-12)24-10-23-16)18(22)21(20-11)14-5-3-13(19)4-6-14/h2-9H,10H2,1H3/b15-8-. The normalized spacial score (nSPS) is 17.6. The van der Waals surface area contributed by atoms with Crippen molar-refractivity contribution in [2.24, 2.45) is 5.10 Å². The molecule has 120 valence electrons. The van der Waals surface area contributed by atoms with Crippen molar-refractivity contribution >= 4 is 35.0 Å². The monoisotopic (exact) mass is 340 g/mol. The Labute approximate surface area is 143 Å². The molecule has 0 saturated heterocycles. The number of fused-ring (bicyclic) bond motifs is 1. The fraction of sp³-hybridized carbons (Fsp3) is 0.111. The Kier molecular flexibility index (Phi) is 3.50. The number of carbonyl (C=O) groups excluding carboxylic acids is 1. The van der Waals surface area contributed by atoms with Crippen LogP contribution in [0.3, 0.4) is 0 Å². The molecule has 2 aromatic rings. The number of hydrogen-bond acceptors (Lipinski definition) is 4. The Morgan fingerprint density at radius 3 is 2.67 bits per heavy atom. The molecular weight excluding hydrogens is 328 g/mol. The second kappa shape index (κ2) is 5.69. The third-order valence-electron chi connectivity index (χ3n) is 3.84. The van der Waals surface area contributed by atoms with Crippen LogP contribution in [0.25, 0.3) is 6.08 Å². The molecule has 2 aliphatic heterocycles. The number of benzene rings is 2. The first kappa shape index (κ1) is 14.8. The molecule has 0 aliphatic carbocycles. The van der Waals surface area contributed by atoms with E-state index >= 15 is 0 Å². The number of nitrogens with zero attached hydrogens (tertiary/aromatic N) is 2. The lowest BCUT2D eigenvalue weighted by atomic mass is 10.1. The first-order valence-corrected chi connectivity index (χ1v) is 7.76. The summed E-state index contributed by atoms with van der Waals surface area (Å²) < 4.78 is 10.7. The average Bonchev–Trinajstić information content (AvgIpc) is 3.15. The van der Waals surface area contributed by atoms with Crippen LogP contribution in [0.15, 0.2) is 53.1 Å². The fourth-order valence-electron chi connectivity index (χ4n) is 2.61. The van der Waals surface area contributed by atoms with E-state index in [0.717, 1.165) is 5.56 Å². The third-order valence-corrected chi connectivity index (χ3v) is 4.09. The van der Waals surface area contributed by atoms with Gasteiger partial charge in [0, 0.05) is 5.02 Å². The molecule has 0 spiro atoms. The molecule has 0 unspecified atom stereocenters. The number of hydrogen-bond donors (Lipinski definition) is 0. The Balaban J connectivity index is 1.66. The summed E-state index contributed by atoms with van der Waals surface area (Å²) in [7, 11) is 0. The second-order valence-corrected chi connectivity index (χ2v) is 5.89. The van der Waals surface area contributed by atoms with Crippen molar-refractivity contribution in [1.82, 2.24) is 0 Å². The van der Waals surface area contributed by atoms with E-state index in [4.69, 9.17) is 21.1 Å². The average molecular weight is 341 g/mol. The van der Waals surface area contributed by atoms with Crippen LogP contribution in [-0.2, 0) is 4.79 Å². The zero-order chi connectivity index (χ0) is 16.7. The summed E-state index contributed by atoms with van der Waals surface area (Å²) in [6, 6.07) is 12.6. The molecule has 0 saturated carbocycles. The van der Waals surface area contributed by atoms with Crippen molar-refractivity contribution in [1.29, 1.82) is 0 Å². The first-order valence-electron chi connectivity index (χ1n) is 7.39. The van der Waals surface area contributed by atoms with Gasteiger partial charge in [0.1, 0.15) is 0 Å². The molecule has 0 fully saturated rings. The van der Waals surface area contributed by atoms with Crippen molar-refractivity contribution in [3.8, 4) is 11.5 Å². The SMILES string of the molecule is CC1=NN(c2ccc(Cl)cc2)C(=O)/C1=C\c1ccc2c(c1)OCO2. The summed E-state index contributed by atoms with van der Waals surface area (Å²) in [5, 5.41) is 6.35. The lowest BCUT2D eigenvalue weighted by molar-refractivity contribution is -0.114. The molecule has 0 radical (unpaired) electrons. The molecule has 2 heterocycles. The van der Waals surface area contributed by atoms with Crippen LogP contribution in [0.1, 0.15) is 12.5 Å². The smallest absolute Gasteiger partial charge is 0.280 e. The van der Waals surface area contributed by atoms with Crippen molar-refractivity contribution in [2.45, 2.75) is 6.92 Å². The predicted molar refractivity (Wildman–Crippen MR) is 92.6 cm³/mol. The minimum Gasteiger partial charge on any atom is -0.454 e. The Bertz CT molecular complexity index is 888. The van der Waals surface area contributed by atoms with E-state index < -0.39 is 0 Å². The van der Waals surface area contributed by atoms with Crippen molar-refractivity contribution in [2.75, 3.05) is 11.8 Å². The van der Waals surface area contributed by atoms with Crippen LogP contribution in [0.5, 0.6) is 11.5 Å². The number of amides is 1. The fourth-order valence-corrected chi connectivity index (χ4v) is 2.74. The molecule has 1 amide bonds. The Hall–Kier alpha value is -2.79. The van der Waals surface area contributed by atoms with Crippen LogP contribution >= 0.6 is 11.6 Å². The van der Waals surface area contributed by atoms with Gasteiger partial charge in [0.2, 0.25) is 6.79 Å². The van der Waals surface area contributed by atoms with Crippen molar-refractivity contribution < 1.29 is 14.3 Å². The molecule has 0 aromatic heterocycles. The van der Waals surface area contributed by atoms with E-state index in [2.05, 4.69) is 5.10 Å². The number of halogens is 1. The van der Waals surface area contributed by atoms with Gasteiger partial charge < -0.3 is 9.47 Å². The zero-order valence-electron chi connectivity index (χ0n) is 12.8. The van der Waals surface area contributed by atoms with E-state index in [-0.39, 0.29) is 12.7 Å². The molecule has 24 heavy (non-hydrogen) atoms. The van der Waals surface area contributed by atoms with E-state index in [1.54, 1.807) is 30.3 Å². The Morgan fingerprint density at radius 2 is 1.88 bits per heavy atom. The van der Waals surface area contributed by atoms with E-state index in [1.807, 2.05) is 25.1 Å². The van der Waals surface area contributed by atoms with Crippen LogP contribution in [0, 0.1) is 0 Å². The zero-order valence-corrected chi connectivity index (χ0v) is 13.6. The summed E-state index contributed by atoms with van der Waals surface area (Å²) in [6.07, 6.45) is 1.80. The van der Waals surface area contributed by atoms with Crippen LogP contribution in [0.4, 0.5) is 5.69 Å². The van der Waals surface area contributed by atoms with E-state index in [0.29, 0.717) is 33.5 Å². The topological polar surface area (TPSA) is 51.1 Å². The summed E-state index contributed by atoms with van der Waals surface area (Å²) in [5.41, 5.74) is 2.74. The van der Waals surface area contributed by atoms with Crippen molar-refractivity contribution in [3.05, 3.63) is 58.6 Å². The highest BCUT2D eigenvalue weighted by Gasteiger charge is 2.28. The predicted octanol–water partition coefficient (Wildman–Crippen LogP) is 3.87. The third kappa shape index (κ3) is 2.53. The maximum Gasteiger partial charge on any atom is 0.280 e. The highest BCUT2D eigenvalue weighted by Crippen LogP contribution is 2.34. The summed E-state index contributed by atoms with van der Waals surface area (Å²) >= 11 is 5.89. The number of anilines is 1. The van der Waals surface area contributed by atoms with Crippen LogP contribution in [-0.4, -0.2) is 18.4 Å². The first-order chi connectivity index (χ1) is 11.6. The van der Waals surface area contributed by atoms with Gasteiger partial charge in [0.05, 0.1) is 17.0 Å². The maximum absolute atomic E-state index is 12.7. The van der Waals surface area contributed by atoms with Gasteiger partial charge in [-0.15, -0.1) is 0 Å². The van der Waals surface area contributed by atoms with Gasteiger partial charge in [-0.25, -0.2) is 0 Å². The van der Waals surface area contributed by atoms with Crippen molar-refractivity contribution in [3.63, 3.8) is 0 Å². The Morgan fingerprint density at radius 1 is 1.12 bits per heavy atom. The number of hydrazone groups is 1.